The summed E-state index contributed by atoms with van der Waals surface area (Å²) in [6, 6.07) is 18.1. The fourth-order valence-electron chi connectivity index (χ4n) is 3.59. The molecular formula is C23H23N5O3. The van der Waals surface area contributed by atoms with E-state index in [4.69, 9.17) is 0 Å². The minimum Gasteiger partial charge on any atom is -0.340 e. The molecule has 1 atom stereocenters. The summed E-state index contributed by atoms with van der Waals surface area (Å²) in [5.41, 5.74) is 1.24. The van der Waals surface area contributed by atoms with Crippen LogP contribution in [0.1, 0.15) is 18.1 Å². The average molecular weight is 417 g/mol. The zero-order valence-corrected chi connectivity index (χ0v) is 17.4. The van der Waals surface area contributed by atoms with Crippen molar-refractivity contribution in [3.05, 3.63) is 84.2 Å². The summed E-state index contributed by atoms with van der Waals surface area (Å²) in [4.78, 5) is 40.6. The van der Waals surface area contributed by atoms with Crippen LogP contribution in [0.15, 0.2) is 73.1 Å². The Balaban J connectivity index is 1.42. The number of nitrogens with one attached hydrogen (secondary N) is 1. The molecule has 1 fully saturated rings. The Bertz CT molecular complexity index is 1110. The normalized spacial score (nSPS) is 18.2. The SMILES string of the molecule is CN(Cc1cnn(-c2ccccc2)c1)C(=O)CN1C(=O)N[C@@](C)(c2ccccc2)C1=O. The lowest BCUT2D eigenvalue weighted by Crippen LogP contribution is -2.43. The lowest BCUT2D eigenvalue weighted by Gasteiger charge is -2.23. The van der Waals surface area contributed by atoms with E-state index < -0.39 is 17.5 Å². The molecule has 8 nitrogen and oxygen atoms in total. The lowest BCUT2D eigenvalue weighted by atomic mass is 9.92. The van der Waals surface area contributed by atoms with Gasteiger partial charge in [-0.3, -0.25) is 14.5 Å². The second kappa shape index (κ2) is 8.06. The third kappa shape index (κ3) is 3.92. The molecule has 1 aromatic heterocycles. The molecule has 4 rings (SSSR count). The number of rotatable bonds is 6. The van der Waals surface area contributed by atoms with E-state index in [1.807, 2.05) is 42.6 Å². The third-order valence-electron chi connectivity index (χ3n) is 5.42. The summed E-state index contributed by atoms with van der Waals surface area (Å²) in [7, 11) is 1.64. The maximum atomic E-state index is 13.0. The monoisotopic (exact) mass is 417 g/mol. The van der Waals surface area contributed by atoms with Gasteiger partial charge in [-0.05, 0) is 24.6 Å². The molecule has 1 saturated heterocycles. The highest BCUT2D eigenvalue weighted by Gasteiger charge is 2.49. The van der Waals surface area contributed by atoms with Crippen LogP contribution in [0.25, 0.3) is 5.69 Å². The highest BCUT2D eigenvalue weighted by atomic mass is 16.2. The van der Waals surface area contributed by atoms with Crippen molar-refractivity contribution in [2.45, 2.75) is 19.0 Å². The Morgan fingerprint density at radius 3 is 2.39 bits per heavy atom. The van der Waals surface area contributed by atoms with Crippen LogP contribution < -0.4 is 5.32 Å². The number of carbonyl (C=O) groups is 3. The molecule has 8 heteroatoms. The van der Waals surface area contributed by atoms with Gasteiger partial charge in [0.25, 0.3) is 5.91 Å². The second-order valence-corrected chi connectivity index (χ2v) is 7.69. The molecule has 1 N–H and O–H groups in total. The number of imide groups is 1. The summed E-state index contributed by atoms with van der Waals surface area (Å²) in [6.45, 7) is 1.64. The molecular weight excluding hydrogens is 394 g/mol. The van der Waals surface area contributed by atoms with Crippen molar-refractivity contribution >= 4 is 17.8 Å². The smallest absolute Gasteiger partial charge is 0.325 e. The fraction of sp³-hybridized carbons (Fsp3) is 0.217. The maximum absolute atomic E-state index is 13.0. The molecule has 0 radical (unpaired) electrons. The van der Waals surface area contributed by atoms with Gasteiger partial charge >= 0.3 is 6.03 Å². The number of carbonyl (C=O) groups excluding carboxylic acids is 3. The minimum absolute atomic E-state index is 0.311. The quantitative estimate of drug-likeness (QED) is 0.624. The Labute approximate surface area is 180 Å². The zero-order valence-electron chi connectivity index (χ0n) is 17.4. The number of aromatic nitrogens is 2. The van der Waals surface area contributed by atoms with E-state index in [0.29, 0.717) is 12.1 Å². The number of amides is 4. The first-order valence-electron chi connectivity index (χ1n) is 9.91. The van der Waals surface area contributed by atoms with Gasteiger partial charge in [-0.15, -0.1) is 0 Å². The van der Waals surface area contributed by atoms with E-state index in [-0.39, 0.29) is 12.5 Å². The molecule has 0 saturated carbocycles. The van der Waals surface area contributed by atoms with Crippen molar-refractivity contribution in [1.82, 2.24) is 24.9 Å². The molecule has 158 valence electrons. The summed E-state index contributed by atoms with van der Waals surface area (Å²) >= 11 is 0. The van der Waals surface area contributed by atoms with Crippen LogP contribution in [0.2, 0.25) is 0 Å². The van der Waals surface area contributed by atoms with Crippen LogP contribution >= 0.6 is 0 Å². The number of likely N-dealkylation sites (N-methyl/N-ethyl adjacent to an activating group) is 1. The number of urea groups is 1. The standard InChI is InChI=1S/C23H23N5O3/c1-23(18-9-5-3-6-10-18)21(30)27(22(31)25-23)16-20(29)26(2)14-17-13-24-28(15-17)19-11-7-4-8-12-19/h3-13,15H,14,16H2,1-2H3,(H,25,31)/t23-/m0/s1. The molecule has 4 amide bonds. The van der Waals surface area contributed by atoms with Gasteiger partial charge < -0.3 is 10.2 Å². The zero-order chi connectivity index (χ0) is 22.0. The van der Waals surface area contributed by atoms with Crippen LogP contribution in [0.3, 0.4) is 0 Å². The average Bonchev–Trinajstić information content (AvgIpc) is 3.34. The van der Waals surface area contributed by atoms with Crippen LogP contribution in [0.5, 0.6) is 0 Å². The predicted molar refractivity (Wildman–Crippen MR) is 114 cm³/mol. The Morgan fingerprint density at radius 2 is 1.71 bits per heavy atom. The largest absolute Gasteiger partial charge is 0.340 e. The van der Waals surface area contributed by atoms with Gasteiger partial charge in [-0.2, -0.15) is 5.10 Å². The summed E-state index contributed by atoms with van der Waals surface area (Å²) in [5.74, 6) is -0.782. The second-order valence-electron chi connectivity index (χ2n) is 7.69. The lowest BCUT2D eigenvalue weighted by molar-refractivity contribution is -0.138. The molecule has 0 aliphatic carbocycles. The van der Waals surface area contributed by atoms with E-state index >= 15 is 0 Å². The Morgan fingerprint density at radius 1 is 1.06 bits per heavy atom. The van der Waals surface area contributed by atoms with E-state index in [1.165, 1.54) is 4.90 Å². The number of hydrogen-bond acceptors (Lipinski definition) is 4. The molecule has 0 spiro atoms. The number of nitrogens with zero attached hydrogens (tertiary/aromatic N) is 4. The Hall–Kier alpha value is -3.94. The first-order valence-corrected chi connectivity index (χ1v) is 9.91. The van der Waals surface area contributed by atoms with Gasteiger partial charge in [0.05, 0.1) is 11.9 Å². The number of hydrogen-bond donors (Lipinski definition) is 1. The van der Waals surface area contributed by atoms with Gasteiger partial charge in [0.2, 0.25) is 5.91 Å². The molecule has 2 heterocycles. The predicted octanol–water partition coefficient (Wildman–Crippen LogP) is 2.30. The van der Waals surface area contributed by atoms with Crippen LogP contribution in [0, 0.1) is 0 Å². The molecule has 1 aliphatic heterocycles. The fourth-order valence-corrected chi connectivity index (χ4v) is 3.59. The molecule has 0 bridgehead atoms. The van der Waals surface area contributed by atoms with Crippen molar-refractivity contribution in [3.63, 3.8) is 0 Å². The highest BCUT2D eigenvalue weighted by Crippen LogP contribution is 2.28. The molecule has 2 aromatic carbocycles. The van der Waals surface area contributed by atoms with Crippen molar-refractivity contribution in [3.8, 4) is 5.69 Å². The van der Waals surface area contributed by atoms with E-state index in [9.17, 15) is 14.4 Å². The van der Waals surface area contributed by atoms with Gasteiger partial charge in [-0.1, -0.05) is 48.5 Å². The van der Waals surface area contributed by atoms with Crippen LogP contribution in [-0.4, -0.2) is 51.0 Å². The first kappa shape index (κ1) is 20.3. The van der Waals surface area contributed by atoms with Gasteiger partial charge in [-0.25, -0.2) is 9.48 Å². The molecule has 31 heavy (non-hydrogen) atoms. The summed E-state index contributed by atoms with van der Waals surface area (Å²) < 4.78 is 1.73. The van der Waals surface area contributed by atoms with Crippen molar-refractivity contribution in [2.75, 3.05) is 13.6 Å². The van der Waals surface area contributed by atoms with Crippen molar-refractivity contribution in [2.24, 2.45) is 0 Å². The minimum atomic E-state index is -1.19. The van der Waals surface area contributed by atoms with E-state index in [0.717, 1.165) is 16.2 Å². The third-order valence-corrected chi connectivity index (χ3v) is 5.42. The van der Waals surface area contributed by atoms with Gasteiger partial charge in [0.1, 0.15) is 12.1 Å². The van der Waals surface area contributed by atoms with Crippen molar-refractivity contribution in [1.29, 1.82) is 0 Å². The Kier molecular flexibility index (Phi) is 5.29. The molecule has 0 unspecified atom stereocenters. The highest BCUT2D eigenvalue weighted by molar-refractivity contribution is 6.09. The topological polar surface area (TPSA) is 87.5 Å². The first-order chi connectivity index (χ1) is 14.9. The summed E-state index contributed by atoms with van der Waals surface area (Å²) in [5, 5.41) is 7.04. The molecule has 3 aromatic rings. The van der Waals surface area contributed by atoms with Gasteiger partial charge in [0, 0.05) is 25.4 Å². The van der Waals surface area contributed by atoms with Crippen LogP contribution in [0.4, 0.5) is 4.79 Å². The number of benzene rings is 2. The number of para-hydroxylation sites is 1. The maximum Gasteiger partial charge on any atom is 0.325 e. The van der Waals surface area contributed by atoms with Crippen LogP contribution in [-0.2, 0) is 21.7 Å². The molecule has 1 aliphatic rings. The van der Waals surface area contributed by atoms with E-state index in [2.05, 4.69) is 10.4 Å². The van der Waals surface area contributed by atoms with Gasteiger partial charge in [0.15, 0.2) is 0 Å². The van der Waals surface area contributed by atoms with E-state index in [1.54, 1.807) is 49.1 Å². The van der Waals surface area contributed by atoms with Crippen molar-refractivity contribution < 1.29 is 14.4 Å². The summed E-state index contributed by atoms with van der Waals surface area (Å²) in [6.07, 6.45) is 3.54.